The molecule has 1 aliphatic rings. The first-order valence-electron chi connectivity index (χ1n) is 8.84. The molecule has 2 heterocycles. The molecular formula is C19H27N3O2. The van der Waals surface area contributed by atoms with E-state index in [9.17, 15) is 0 Å². The van der Waals surface area contributed by atoms with Crippen LogP contribution in [-0.4, -0.2) is 49.3 Å². The van der Waals surface area contributed by atoms with Gasteiger partial charge in [0.2, 0.25) is 0 Å². The summed E-state index contributed by atoms with van der Waals surface area (Å²) in [7, 11) is 2.18. The van der Waals surface area contributed by atoms with E-state index in [0.717, 1.165) is 54.0 Å². The number of anilines is 1. The number of pyridine rings is 1. The van der Waals surface area contributed by atoms with E-state index in [-0.39, 0.29) is 0 Å². The fourth-order valence-electron chi connectivity index (χ4n) is 3.19. The van der Waals surface area contributed by atoms with Crippen molar-refractivity contribution in [3.8, 4) is 11.5 Å². The summed E-state index contributed by atoms with van der Waals surface area (Å²) in [4.78, 5) is 6.89. The molecule has 0 atom stereocenters. The lowest BCUT2D eigenvalue weighted by molar-refractivity contribution is 0.264. The Morgan fingerprint density at radius 2 is 1.79 bits per heavy atom. The maximum atomic E-state index is 5.77. The summed E-state index contributed by atoms with van der Waals surface area (Å²) in [6.07, 6.45) is 4.18. The minimum atomic E-state index is 0.508. The van der Waals surface area contributed by atoms with Gasteiger partial charge in [0.15, 0.2) is 11.5 Å². The number of rotatable bonds is 6. The third-order valence-corrected chi connectivity index (χ3v) is 4.48. The second-order valence-corrected chi connectivity index (χ2v) is 6.26. The molecule has 0 aliphatic carbocycles. The Balaban J connectivity index is 1.91. The maximum Gasteiger partial charge on any atom is 0.163 e. The molecule has 24 heavy (non-hydrogen) atoms. The van der Waals surface area contributed by atoms with Crippen molar-refractivity contribution in [2.45, 2.75) is 32.7 Å². The molecule has 5 nitrogen and oxygen atoms in total. The molecule has 0 saturated carbocycles. The number of ether oxygens (including phenoxy) is 2. The summed E-state index contributed by atoms with van der Waals surface area (Å²) in [5.74, 6) is 1.54. The molecule has 2 aromatic rings. The first kappa shape index (κ1) is 16.8. The van der Waals surface area contributed by atoms with Gasteiger partial charge in [-0.25, -0.2) is 0 Å². The number of hydrogen-bond acceptors (Lipinski definition) is 5. The van der Waals surface area contributed by atoms with E-state index in [4.69, 9.17) is 9.47 Å². The summed E-state index contributed by atoms with van der Waals surface area (Å²) < 4.78 is 11.5. The van der Waals surface area contributed by atoms with E-state index in [1.807, 2.05) is 32.2 Å². The van der Waals surface area contributed by atoms with Crippen molar-refractivity contribution in [3.05, 3.63) is 24.4 Å². The summed E-state index contributed by atoms with van der Waals surface area (Å²) in [5.41, 5.74) is 2.05. The standard InChI is InChI=1S/C19H27N3O2/c1-4-23-18-12-15-16(21-14-7-10-22(3)11-8-14)6-9-20-17(15)13-19(18)24-5-2/h6,9,12-14H,4-5,7-8,10-11H2,1-3H3,(H,20,21). The first-order valence-corrected chi connectivity index (χ1v) is 8.84. The van der Waals surface area contributed by atoms with Crippen LogP contribution < -0.4 is 14.8 Å². The summed E-state index contributed by atoms with van der Waals surface area (Å²) in [6, 6.07) is 6.59. The quantitative estimate of drug-likeness (QED) is 0.878. The lowest BCUT2D eigenvalue weighted by atomic mass is 10.0. The van der Waals surface area contributed by atoms with Crippen molar-refractivity contribution in [2.75, 3.05) is 38.7 Å². The molecule has 130 valence electrons. The Bertz CT molecular complexity index is 682. The van der Waals surface area contributed by atoms with Crippen LogP contribution in [0.25, 0.3) is 10.9 Å². The highest BCUT2D eigenvalue weighted by atomic mass is 16.5. The van der Waals surface area contributed by atoms with Gasteiger partial charge in [0, 0.05) is 29.4 Å². The van der Waals surface area contributed by atoms with Gasteiger partial charge >= 0.3 is 0 Å². The number of nitrogens with zero attached hydrogens (tertiary/aromatic N) is 2. The lowest BCUT2D eigenvalue weighted by Gasteiger charge is -2.30. The molecule has 0 unspecified atom stereocenters. The topological polar surface area (TPSA) is 46.6 Å². The predicted octanol–water partition coefficient (Wildman–Crippen LogP) is 3.54. The Labute approximate surface area is 144 Å². The van der Waals surface area contributed by atoms with Crippen LogP contribution in [0.2, 0.25) is 0 Å². The minimum Gasteiger partial charge on any atom is -0.490 e. The van der Waals surface area contributed by atoms with Crippen LogP contribution in [0.15, 0.2) is 24.4 Å². The summed E-state index contributed by atoms with van der Waals surface area (Å²) >= 11 is 0. The van der Waals surface area contributed by atoms with Gasteiger partial charge in [0.1, 0.15) is 0 Å². The number of fused-ring (bicyclic) bond motifs is 1. The lowest BCUT2D eigenvalue weighted by Crippen LogP contribution is -2.36. The van der Waals surface area contributed by atoms with Crippen molar-refractivity contribution >= 4 is 16.6 Å². The van der Waals surface area contributed by atoms with Gasteiger partial charge < -0.3 is 19.7 Å². The van der Waals surface area contributed by atoms with Crippen molar-refractivity contribution in [3.63, 3.8) is 0 Å². The largest absolute Gasteiger partial charge is 0.490 e. The number of aromatic nitrogens is 1. The Kier molecular flexibility index (Phi) is 5.41. The molecule has 0 spiro atoms. The van der Waals surface area contributed by atoms with E-state index in [1.165, 1.54) is 0 Å². The SMILES string of the molecule is CCOc1cc2nccc(NC3CCN(C)CC3)c2cc1OCC. The van der Waals surface area contributed by atoms with Gasteiger partial charge in [-0.05, 0) is 59.0 Å². The van der Waals surface area contributed by atoms with Crippen LogP contribution in [0.3, 0.4) is 0 Å². The van der Waals surface area contributed by atoms with Crippen molar-refractivity contribution in [1.82, 2.24) is 9.88 Å². The normalized spacial score (nSPS) is 16.3. The Hall–Kier alpha value is -2.01. The molecule has 0 bridgehead atoms. The van der Waals surface area contributed by atoms with Crippen LogP contribution in [0.5, 0.6) is 11.5 Å². The van der Waals surface area contributed by atoms with Crippen LogP contribution in [0.4, 0.5) is 5.69 Å². The number of hydrogen-bond donors (Lipinski definition) is 1. The molecule has 0 radical (unpaired) electrons. The van der Waals surface area contributed by atoms with Gasteiger partial charge in [-0.1, -0.05) is 0 Å². The van der Waals surface area contributed by atoms with Gasteiger partial charge in [-0.2, -0.15) is 0 Å². The second kappa shape index (κ2) is 7.71. The highest BCUT2D eigenvalue weighted by Gasteiger charge is 2.18. The zero-order valence-corrected chi connectivity index (χ0v) is 14.8. The zero-order valence-electron chi connectivity index (χ0n) is 14.8. The fourth-order valence-corrected chi connectivity index (χ4v) is 3.19. The smallest absolute Gasteiger partial charge is 0.163 e. The van der Waals surface area contributed by atoms with E-state index in [1.54, 1.807) is 0 Å². The molecular weight excluding hydrogens is 302 g/mol. The molecule has 1 aliphatic heterocycles. The van der Waals surface area contributed by atoms with Crippen molar-refractivity contribution in [2.24, 2.45) is 0 Å². The highest BCUT2D eigenvalue weighted by Crippen LogP contribution is 2.35. The molecule has 5 heteroatoms. The highest BCUT2D eigenvalue weighted by molar-refractivity contribution is 5.93. The molecule has 1 aromatic carbocycles. The van der Waals surface area contributed by atoms with E-state index in [2.05, 4.69) is 28.3 Å². The molecule has 1 saturated heterocycles. The van der Waals surface area contributed by atoms with Gasteiger partial charge in [0.05, 0.1) is 18.7 Å². The molecule has 1 N–H and O–H groups in total. The Morgan fingerprint density at radius 1 is 1.12 bits per heavy atom. The number of piperidine rings is 1. The zero-order chi connectivity index (χ0) is 16.9. The average Bonchev–Trinajstić information content (AvgIpc) is 2.58. The molecule has 3 rings (SSSR count). The van der Waals surface area contributed by atoms with Gasteiger partial charge in [-0.3, -0.25) is 4.98 Å². The van der Waals surface area contributed by atoms with Crippen LogP contribution >= 0.6 is 0 Å². The molecule has 1 fully saturated rings. The molecule has 1 aromatic heterocycles. The summed E-state index contributed by atoms with van der Waals surface area (Å²) in [5, 5.41) is 4.79. The third-order valence-electron chi connectivity index (χ3n) is 4.48. The monoisotopic (exact) mass is 329 g/mol. The predicted molar refractivity (Wildman–Crippen MR) is 98.2 cm³/mol. The van der Waals surface area contributed by atoms with Gasteiger partial charge in [0.25, 0.3) is 0 Å². The van der Waals surface area contributed by atoms with E-state index >= 15 is 0 Å². The summed E-state index contributed by atoms with van der Waals surface area (Å²) in [6.45, 7) is 7.47. The first-order chi connectivity index (χ1) is 11.7. The van der Waals surface area contributed by atoms with Crippen LogP contribution in [-0.2, 0) is 0 Å². The van der Waals surface area contributed by atoms with Crippen molar-refractivity contribution < 1.29 is 9.47 Å². The number of likely N-dealkylation sites (tertiary alicyclic amines) is 1. The van der Waals surface area contributed by atoms with E-state index < -0.39 is 0 Å². The van der Waals surface area contributed by atoms with E-state index in [0.29, 0.717) is 19.3 Å². The van der Waals surface area contributed by atoms with Crippen LogP contribution in [0.1, 0.15) is 26.7 Å². The molecule has 0 amide bonds. The third kappa shape index (κ3) is 3.73. The average molecular weight is 329 g/mol. The Morgan fingerprint density at radius 3 is 2.46 bits per heavy atom. The van der Waals surface area contributed by atoms with Crippen molar-refractivity contribution in [1.29, 1.82) is 0 Å². The minimum absolute atomic E-state index is 0.508. The maximum absolute atomic E-state index is 5.77. The number of benzene rings is 1. The van der Waals surface area contributed by atoms with Gasteiger partial charge in [-0.15, -0.1) is 0 Å². The number of nitrogens with one attached hydrogen (secondary N) is 1. The van der Waals surface area contributed by atoms with Crippen LogP contribution in [0, 0.1) is 0 Å². The second-order valence-electron chi connectivity index (χ2n) is 6.26. The fraction of sp³-hybridized carbons (Fsp3) is 0.526.